The lowest BCUT2D eigenvalue weighted by molar-refractivity contribution is 0.386. The van der Waals surface area contributed by atoms with Crippen molar-refractivity contribution in [3.8, 4) is 5.75 Å². The summed E-state index contributed by atoms with van der Waals surface area (Å²) in [7, 11) is 1.45. The Hall–Kier alpha value is -2.04. The van der Waals surface area contributed by atoms with E-state index in [0.29, 0.717) is 17.6 Å². The second-order valence-corrected chi connectivity index (χ2v) is 4.77. The standard InChI is InChI=1S/C14H18FN3O/c1-10(2)9-18-7-6-16-14(18)17-11-4-5-13(19-3)12(15)8-11/h4-8,10H,9H2,1-3H3,(H,16,17). The molecule has 1 aromatic carbocycles. The second-order valence-electron chi connectivity index (χ2n) is 4.77. The SMILES string of the molecule is COc1ccc(Nc2nccn2CC(C)C)cc1F. The molecule has 0 unspecified atom stereocenters. The number of halogens is 1. The molecule has 2 aromatic rings. The predicted octanol–water partition coefficient (Wildman–Crippen LogP) is 3.43. The van der Waals surface area contributed by atoms with Crippen LogP contribution in [0.2, 0.25) is 0 Å². The summed E-state index contributed by atoms with van der Waals surface area (Å²) in [5.74, 6) is 1.06. The smallest absolute Gasteiger partial charge is 0.207 e. The topological polar surface area (TPSA) is 39.1 Å². The molecule has 0 bridgehead atoms. The molecule has 0 aliphatic heterocycles. The normalized spacial score (nSPS) is 10.8. The van der Waals surface area contributed by atoms with E-state index in [1.54, 1.807) is 18.3 Å². The number of hydrogen-bond acceptors (Lipinski definition) is 3. The molecule has 1 N–H and O–H groups in total. The van der Waals surface area contributed by atoms with Gasteiger partial charge in [0.1, 0.15) is 0 Å². The van der Waals surface area contributed by atoms with Crippen LogP contribution in [0.25, 0.3) is 0 Å². The first-order valence-electron chi connectivity index (χ1n) is 6.22. The lowest BCUT2D eigenvalue weighted by Gasteiger charge is -2.12. The van der Waals surface area contributed by atoms with Gasteiger partial charge in [-0.25, -0.2) is 9.37 Å². The quantitative estimate of drug-likeness (QED) is 0.898. The van der Waals surface area contributed by atoms with Crippen molar-refractivity contribution in [1.82, 2.24) is 9.55 Å². The van der Waals surface area contributed by atoms with Gasteiger partial charge in [0.05, 0.1) is 7.11 Å². The molecule has 0 saturated carbocycles. The minimum Gasteiger partial charge on any atom is -0.494 e. The van der Waals surface area contributed by atoms with Crippen LogP contribution in [-0.2, 0) is 6.54 Å². The second kappa shape index (κ2) is 5.73. The zero-order valence-corrected chi connectivity index (χ0v) is 11.4. The maximum atomic E-state index is 13.6. The number of nitrogens with one attached hydrogen (secondary N) is 1. The Morgan fingerprint density at radius 2 is 2.21 bits per heavy atom. The van der Waals surface area contributed by atoms with E-state index >= 15 is 0 Å². The van der Waals surface area contributed by atoms with Crippen molar-refractivity contribution < 1.29 is 9.13 Å². The minimum atomic E-state index is -0.394. The molecule has 0 spiro atoms. The average molecular weight is 263 g/mol. The first kappa shape index (κ1) is 13.4. The van der Waals surface area contributed by atoms with Gasteiger partial charge < -0.3 is 14.6 Å². The molecule has 0 fully saturated rings. The van der Waals surface area contributed by atoms with E-state index in [0.717, 1.165) is 6.54 Å². The molecular weight excluding hydrogens is 245 g/mol. The van der Waals surface area contributed by atoms with E-state index in [1.165, 1.54) is 13.2 Å². The summed E-state index contributed by atoms with van der Waals surface area (Å²) in [4.78, 5) is 4.23. The third kappa shape index (κ3) is 3.24. The summed E-state index contributed by atoms with van der Waals surface area (Å²) < 4.78 is 20.5. The average Bonchev–Trinajstić information content (AvgIpc) is 2.76. The van der Waals surface area contributed by atoms with E-state index in [-0.39, 0.29) is 5.75 Å². The molecule has 4 nitrogen and oxygen atoms in total. The Kier molecular flexibility index (Phi) is 4.04. The van der Waals surface area contributed by atoms with E-state index in [2.05, 4.69) is 24.1 Å². The number of benzene rings is 1. The monoisotopic (exact) mass is 263 g/mol. The van der Waals surface area contributed by atoms with Gasteiger partial charge in [-0.05, 0) is 18.1 Å². The molecule has 2 rings (SSSR count). The molecule has 0 amide bonds. The highest BCUT2D eigenvalue weighted by molar-refractivity contribution is 5.55. The van der Waals surface area contributed by atoms with Gasteiger partial charge in [-0.3, -0.25) is 0 Å². The Morgan fingerprint density at radius 1 is 1.42 bits per heavy atom. The molecule has 1 aromatic heterocycles. The van der Waals surface area contributed by atoms with Gasteiger partial charge in [-0.15, -0.1) is 0 Å². The van der Waals surface area contributed by atoms with Crippen LogP contribution in [0.4, 0.5) is 16.0 Å². The molecule has 0 aliphatic carbocycles. The van der Waals surface area contributed by atoms with Crippen LogP contribution in [0.15, 0.2) is 30.6 Å². The van der Waals surface area contributed by atoms with E-state index in [1.807, 2.05) is 10.8 Å². The summed E-state index contributed by atoms with van der Waals surface area (Å²) in [5, 5.41) is 3.11. The van der Waals surface area contributed by atoms with Crippen molar-refractivity contribution in [2.75, 3.05) is 12.4 Å². The summed E-state index contributed by atoms with van der Waals surface area (Å²) in [6.45, 7) is 5.13. The summed E-state index contributed by atoms with van der Waals surface area (Å²) >= 11 is 0. The van der Waals surface area contributed by atoms with Gasteiger partial charge in [0.2, 0.25) is 5.95 Å². The number of rotatable bonds is 5. The van der Waals surface area contributed by atoms with Crippen LogP contribution in [-0.4, -0.2) is 16.7 Å². The molecule has 1 heterocycles. The van der Waals surface area contributed by atoms with Crippen LogP contribution < -0.4 is 10.1 Å². The first-order valence-corrected chi connectivity index (χ1v) is 6.22. The van der Waals surface area contributed by atoms with Gasteiger partial charge in [-0.1, -0.05) is 13.8 Å². The van der Waals surface area contributed by atoms with Gasteiger partial charge in [0.25, 0.3) is 0 Å². The lowest BCUT2D eigenvalue weighted by atomic mass is 10.2. The number of anilines is 2. The maximum Gasteiger partial charge on any atom is 0.207 e. The zero-order chi connectivity index (χ0) is 13.8. The molecule has 5 heteroatoms. The van der Waals surface area contributed by atoms with Crippen LogP contribution in [0.5, 0.6) is 5.75 Å². The third-order valence-corrected chi connectivity index (χ3v) is 2.69. The number of ether oxygens (including phenoxy) is 1. The number of imidazole rings is 1. The highest BCUT2D eigenvalue weighted by Gasteiger charge is 2.07. The Labute approximate surface area is 112 Å². The largest absolute Gasteiger partial charge is 0.494 e. The Balaban J connectivity index is 2.17. The van der Waals surface area contributed by atoms with Gasteiger partial charge in [0.15, 0.2) is 11.6 Å². The highest BCUT2D eigenvalue weighted by atomic mass is 19.1. The fourth-order valence-electron chi connectivity index (χ4n) is 1.85. The predicted molar refractivity (Wildman–Crippen MR) is 73.3 cm³/mol. The van der Waals surface area contributed by atoms with Crippen molar-refractivity contribution in [3.63, 3.8) is 0 Å². The molecule has 102 valence electrons. The molecular formula is C14H18FN3O. The van der Waals surface area contributed by atoms with E-state index in [4.69, 9.17) is 4.74 Å². The van der Waals surface area contributed by atoms with Crippen LogP contribution >= 0.6 is 0 Å². The molecule has 19 heavy (non-hydrogen) atoms. The third-order valence-electron chi connectivity index (χ3n) is 2.69. The van der Waals surface area contributed by atoms with Gasteiger partial charge in [-0.2, -0.15) is 0 Å². The van der Waals surface area contributed by atoms with Crippen molar-refractivity contribution >= 4 is 11.6 Å². The van der Waals surface area contributed by atoms with Crippen molar-refractivity contribution in [2.24, 2.45) is 5.92 Å². The summed E-state index contributed by atoms with van der Waals surface area (Å²) in [6, 6.07) is 4.75. The van der Waals surface area contributed by atoms with Crippen molar-refractivity contribution in [1.29, 1.82) is 0 Å². The summed E-state index contributed by atoms with van der Waals surface area (Å²) in [5.41, 5.74) is 0.648. The number of aromatic nitrogens is 2. The number of hydrogen-bond donors (Lipinski definition) is 1. The molecule has 0 atom stereocenters. The zero-order valence-electron chi connectivity index (χ0n) is 11.4. The Morgan fingerprint density at radius 3 is 2.84 bits per heavy atom. The van der Waals surface area contributed by atoms with Gasteiger partial charge >= 0.3 is 0 Å². The Bertz CT molecular complexity index is 551. The molecule has 0 saturated heterocycles. The highest BCUT2D eigenvalue weighted by Crippen LogP contribution is 2.23. The van der Waals surface area contributed by atoms with E-state index < -0.39 is 5.82 Å². The number of methoxy groups -OCH3 is 1. The van der Waals surface area contributed by atoms with Crippen molar-refractivity contribution in [3.05, 3.63) is 36.4 Å². The van der Waals surface area contributed by atoms with Crippen LogP contribution in [0.3, 0.4) is 0 Å². The minimum absolute atomic E-state index is 0.232. The summed E-state index contributed by atoms with van der Waals surface area (Å²) in [6.07, 6.45) is 3.63. The molecule has 0 aliphatic rings. The van der Waals surface area contributed by atoms with E-state index in [9.17, 15) is 4.39 Å². The first-order chi connectivity index (χ1) is 9.10. The molecule has 0 radical (unpaired) electrons. The number of nitrogens with zero attached hydrogens (tertiary/aromatic N) is 2. The van der Waals surface area contributed by atoms with Crippen LogP contribution in [0, 0.1) is 11.7 Å². The van der Waals surface area contributed by atoms with Crippen molar-refractivity contribution in [2.45, 2.75) is 20.4 Å². The van der Waals surface area contributed by atoms with Gasteiger partial charge in [0, 0.05) is 30.7 Å². The van der Waals surface area contributed by atoms with Crippen LogP contribution in [0.1, 0.15) is 13.8 Å². The fourth-order valence-corrected chi connectivity index (χ4v) is 1.85. The lowest BCUT2D eigenvalue weighted by Crippen LogP contribution is -2.07. The fraction of sp³-hybridized carbons (Fsp3) is 0.357. The maximum absolute atomic E-state index is 13.6.